The van der Waals surface area contributed by atoms with E-state index in [0.29, 0.717) is 22.6 Å². The highest BCUT2D eigenvalue weighted by Crippen LogP contribution is 2.39. The molecule has 2 aromatic carbocycles. The van der Waals surface area contributed by atoms with Crippen LogP contribution in [-0.4, -0.2) is 73.0 Å². The second kappa shape index (κ2) is 8.29. The molecule has 3 aromatic rings. The van der Waals surface area contributed by atoms with Gasteiger partial charge in [-0.05, 0) is 29.3 Å². The second-order valence-electron chi connectivity index (χ2n) is 8.91. The molecule has 36 heavy (non-hydrogen) atoms. The molecule has 1 atom stereocenters. The standard InChI is InChI=1S/C24H22FN3O7S/c1-13-26-21-16(3-2-4-17(21)35-13)22(29)24(30)27-9-14-11-28(12-15(14)10-27)36(31,32)19-6-5-18-23(20(19)25)34-8-7-33-18/h2-6,22,29H,7-12H2,1H3. The molecule has 1 aromatic heterocycles. The van der Waals surface area contributed by atoms with Gasteiger partial charge in [0, 0.05) is 38.7 Å². The van der Waals surface area contributed by atoms with Gasteiger partial charge >= 0.3 is 0 Å². The number of rotatable bonds is 4. The number of aryl methyl sites for hydroxylation is 1. The first-order valence-corrected chi connectivity index (χ1v) is 12.8. The molecule has 10 nitrogen and oxygen atoms in total. The van der Waals surface area contributed by atoms with Crippen molar-refractivity contribution in [3.63, 3.8) is 0 Å². The molecule has 0 saturated carbocycles. The van der Waals surface area contributed by atoms with Crippen LogP contribution in [0.25, 0.3) is 11.1 Å². The van der Waals surface area contributed by atoms with Gasteiger partial charge in [-0.25, -0.2) is 17.8 Å². The number of hydrogen-bond donors (Lipinski definition) is 1. The van der Waals surface area contributed by atoms with E-state index in [1.165, 1.54) is 21.3 Å². The number of amides is 1. The Hall–Kier alpha value is -3.48. The van der Waals surface area contributed by atoms with Crippen molar-refractivity contribution in [2.75, 3.05) is 39.4 Å². The molecule has 0 bridgehead atoms. The second-order valence-corrected chi connectivity index (χ2v) is 10.8. The Balaban J connectivity index is 1.17. The summed E-state index contributed by atoms with van der Waals surface area (Å²) in [4.78, 5) is 18.4. The summed E-state index contributed by atoms with van der Waals surface area (Å²) < 4.78 is 58.7. The summed E-state index contributed by atoms with van der Waals surface area (Å²) in [7, 11) is -4.15. The third-order valence-corrected chi connectivity index (χ3v) is 8.43. The lowest BCUT2D eigenvalue weighted by Gasteiger charge is -2.25. The van der Waals surface area contributed by atoms with Gasteiger partial charge in [0.2, 0.25) is 10.0 Å². The monoisotopic (exact) mass is 515 g/mol. The molecular formula is C24H22FN3O7S. The number of aliphatic hydroxyl groups is 1. The van der Waals surface area contributed by atoms with E-state index in [4.69, 9.17) is 13.9 Å². The fourth-order valence-electron chi connectivity index (χ4n) is 4.88. The number of ether oxygens (including phenoxy) is 2. The number of oxazole rings is 1. The van der Waals surface area contributed by atoms with Crippen molar-refractivity contribution < 1.29 is 36.6 Å². The average Bonchev–Trinajstić information content (AvgIpc) is 3.55. The molecule has 1 amide bonds. The molecule has 1 unspecified atom stereocenters. The topological polar surface area (TPSA) is 122 Å². The number of nitrogens with zero attached hydrogens (tertiary/aromatic N) is 3. The Morgan fingerprint density at radius 1 is 1.08 bits per heavy atom. The van der Waals surface area contributed by atoms with Gasteiger partial charge in [-0.3, -0.25) is 4.79 Å². The number of para-hydroxylation sites is 1. The smallest absolute Gasteiger partial charge is 0.256 e. The van der Waals surface area contributed by atoms with Gasteiger partial charge in [0.15, 0.2) is 34.9 Å². The maximum atomic E-state index is 15.0. The molecule has 4 heterocycles. The van der Waals surface area contributed by atoms with E-state index >= 15 is 4.39 Å². The van der Waals surface area contributed by atoms with E-state index in [0.717, 1.165) is 11.1 Å². The van der Waals surface area contributed by atoms with Crippen LogP contribution in [0.3, 0.4) is 0 Å². The maximum Gasteiger partial charge on any atom is 0.256 e. The summed E-state index contributed by atoms with van der Waals surface area (Å²) in [6, 6.07) is 7.59. The van der Waals surface area contributed by atoms with E-state index in [2.05, 4.69) is 4.98 Å². The first kappa shape index (κ1) is 23.0. The first-order valence-electron chi connectivity index (χ1n) is 11.3. The molecule has 0 spiro atoms. The highest BCUT2D eigenvalue weighted by Gasteiger charge is 2.40. The molecule has 0 fully saturated rings. The van der Waals surface area contributed by atoms with Crippen molar-refractivity contribution in [1.82, 2.24) is 14.2 Å². The zero-order valence-electron chi connectivity index (χ0n) is 19.2. The van der Waals surface area contributed by atoms with E-state index in [1.807, 2.05) is 0 Å². The number of fused-ring (bicyclic) bond motifs is 2. The van der Waals surface area contributed by atoms with Crippen LogP contribution >= 0.6 is 0 Å². The minimum Gasteiger partial charge on any atom is -0.486 e. The number of halogens is 1. The third-order valence-electron chi connectivity index (χ3n) is 6.63. The summed E-state index contributed by atoms with van der Waals surface area (Å²) in [5.74, 6) is -1.09. The number of sulfonamides is 1. The largest absolute Gasteiger partial charge is 0.486 e. The fourth-order valence-corrected chi connectivity index (χ4v) is 6.37. The Bertz CT molecular complexity index is 1530. The van der Waals surface area contributed by atoms with Crippen molar-refractivity contribution in [2.24, 2.45) is 0 Å². The minimum absolute atomic E-state index is 0.0312. The number of hydrogen-bond acceptors (Lipinski definition) is 8. The van der Waals surface area contributed by atoms with Crippen LogP contribution in [-0.2, 0) is 14.8 Å². The predicted molar refractivity (Wildman–Crippen MR) is 123 cm³/mol. The van der Waals surface area contributed by atoms with Crippen molar-refractivity contribution in [3.8, 4) is 11.5 Å². The summed E-state index contributed by atoms with van der Waals surface area (Å²) in [5, 5.41) is 10.8. The summed E-state index contributed by atoms with van der Waals surface area (Å²) >= 11 is 0. The van der Waals surface area contributed by atoms with E-state index in [-0.39, 0.29) is 50.9 Å². The molecule has 12 heteroatoms. The van der Waals surface area contributed by atoms with Crippen LogP contribution in [0.2, 0.25) is 0 Å². The van der Waals surface area contributed by atoms with Crippen molar-refractivity contribution in [1.29, 1.82) is 0 Å². The fraction of sp³-hybridized carbons (Fsp3) is 0.333. The van der Waals surface area contributed by atoms with Gasteiger partial charge < -0.3 is 23.9 Å². The highest BCUT2D eigenvalue weighted by molar-refractivity contribution is 7.89. The van der Waals surface area contributed by atoms with Crippen LogP contribution in [0.4, 0.5) is 4.39 Å². The van der Waals surface area contributed by atoms with Gasteiger partial charge in [0.25, 0.3) is 5.91 Å². The Morgan fingerprint density at radius 2 is 1.81 bits per heavy atom. The molecule has 3 aliphatic heterocycles. The maximum absolute atomic E-state index is 15.0. The summed E-state index contributed by atoms with van der Waals surface area (Å²) in [5.41, 5.74) is 2.76. The molecule has 0 radical (unpaired) electrons. The molecule has 6 rings (SSSR count). The number of carbonyl (C=O) groups excluding carboxylic acids is 1. The van der Waals surface area contributed by atoms with Gasteiger partial charge in [-0.1, -0.05) is 12.1 Å². The average molecular weight is 516 g/mol. The molecule has 0 saturated heterocycles. The number of aromatic nitrogens is 1. The molecule has 1 N–H and O–H groups in total. The van der Waals surface area contributed by atoms with Gasteiger partial charge in [0.05, 0.1) is 0 Å². The van der Waals surface area contributed by atoms with Crippen molar-refractivity contribution >= 4 is 27.0 Å². The molecular weight excluding hydrogens is 493 g/mol. The SMILES string of the molecule is Cc1nc2c(C(O)C(=O)N3CC4=C(C3)CN(S(=O)(=O)c3ccc5c(c3F)OCCO5)C4)cccc2o1. The molecule has 3 aliphatic rings. The highest BCUT2D eigenvalue weighted by atomic mass is 32.2. The first-order chi connectivity index (χ1) is 17.2. The Labute approximate surface area is 205 Å². The summed E-state index contributed by atoms with van der Waals surface area (Å²) in [6.07, 6.45) is -1.44. The van der Waals surface area contributed by atoms with Crippen LogP contribution in [0.1, 0.15) is 17.6 Å². The quantitative estimate of drug-likeness (QED) is 0.523. The van der Waals surface area contributed by atoms with Crippen LogP contribution in [0.5, 0.6) is 11.5 Å². The normalized spacial score (nSPS) is 18.7. The zero-order chi connectivity index (χ0) is 25.2. The number of carbonyl (C=O) groups is 1. The predicted octanol–water partition coefficient (Wildman–Crippen LogP) is 1.92. The van der Waals surface area contributed by atoms with Crippen LogP contribution in [0.15, 0.2) is 50.8 Å². The van der Waals surface area contributed by atoms with Gasteiger partial charge in [-0.2, -0.15) is 4.31 Å². The van der Waals surface area contributed by atoms with Crippen LogP contribution in [0, 0.1) is 12.7 Å². The van der Waals surface area contributed by atoms with Gasteiger partial charge in [0.1, 0.15) is 23.6 Å². The Morgan fingerprint density at radius 3 is 2.56 bits per heavy atom. The van der Waals surface area contributed by atoms with E-state index in [1.54, 1.807) is 25.1 Å². The lowest BCUT2D eigenvalue weighted by atomic mass is 10.1. The summed E-state index contributed by atoms with van der Waals surface area (Å²) in [6.45, 7) is 2.49. The van der Waals surface area contributed by atoms with Crippen molar-refractivity contribution in [3.05, 3.63) is 58.7 Å². The van der Waals surface area contributed by atoms with Crippen LogP contribution < -0.4 is 9.47 Å². The third kappa shape index (κ3) is 3.55. The minimum atomic E-state index is -4.15. The van der Waals surface area contributed by atoms with E-state index in [9.17, 15) is 18.3 Å². The lowest BCUT2D eigenvalue weighted by Crippen LogP contribution is -2.38. The lowest BCUT2D eigenvalue weighted by molar-refractivity contribution is -0.139. The Kier molecular flexibility index (Phi) is 5.28. The van der Waals surface area contributed by atoms with Gasteiger partial charge in [-0.15, -0.1) is 0 Å². The number of benzene rings is 2. The number of aliphatic hydroxyl groups excluding tert-OH is 1. The molecule has 188 valence electrons. The zero-order valence-corrected chi connectivity index (χ0v) is 20.0. The van der Waals surface area contributed by atoms with E-state index < -0.39 is 32.7 Å². The van der Waals surface area contributed by atoms with Crippen molar-refractivity contribution in [2.45, 2.75) is 17.9 Å². The molecule has 0 aliphatic carbocycles.